The average molecular weight is 206 g/mol. The number of hydrogen-bond acceptors (Lipinski definition) is 2. The molecule has 1 heterocycles. The number of allylic oxidation sites excluding steroid dienone is 2. The van der Waals surface area contributed by atoms with Gasteiger partial charge < -0.3 is 4.98 Å². The standard InChI is InChI=1S/C9H14O.C3H4N2/c1-7-4-8(10)6-9(2,3)5-7;1-2-5-3-4-1/h4H,5-6H2,1-3H3;1-3H,(H,4,5). The monoisotopic (exact) mass is 206 g/mol. The summed E-state index contributed by atoms with van der Waals surface area (Å²) in [6.07, 6.45) is 8.63. The van der Waals surface area contributed by atoms with Crippen molar-refractivity contribution in [3.05, 3.63) is 30.4 Å². The van der Waals surface area contributed by atoms with E-state index in [0.717, 1.165) is 6.42 Å². The van der Waals surface area contributed by atoms with Crippen LogP contribution in [0.15, 0.2) is 30.4 Å². The third-order valence-electron chi connectivity index (χ3n) is 2.22. The molecular weight excluding hydrogens is 188 g/mol. The molecule has 15 heavy (non-hydrogen) atoms. The van der Waals surface area contributed by atoms with E-state index < -0.39 is 0 Å². The lowest BCUT2D eigenvalue weighted by molar-refractivity contribution is -0.117. The van der Waals surface area contributed by atoms with E-state index in [4.69, 9.17) is 0 Å². The largest absolute Gasteiger partial charge is 0.351 e. The number of hydrogen-bond donors (Lipinski definition) is 1. The highest BCUT2D eigenvalue weighted by Gasteiger charge is 2.25. The van der Waals surface area contributed by atoms with Crippen molar-refractivity contribution in [2.24, 2.45) is 5.41 Å². The van der Waals surface area contributed by atoms with Crippen molar-refractivity contribution in [3.8, 4) is 0 Å². The molecule has 0 unspecified atom stereocenters. The molecular formula is C12H18N2O. The average Bonchev–Trinajstić information content (AvgIpc) is 2.53. The molecule has 1 aliphatic rings. The van der Waals surface area contributed by atoms with Gasteiger partial charge in [-0.2, -0.15) is 0 Å². The summed E-state index contributed by atoms with van der Waals surface area (Å²) in [4.78, 5) is 17.4. The molecule has 0 aliphatic heterocycles. The van der Waals surface area contributed by atoms with Gasteiger partial charge in [0, 0.05) is 18.8 Å². The van der Waals surface area contributed by atoms with Gasteiger partial charge in [-0.25, -0.2) is 4.98 Å². The molecule has 0 saturated heterocycles. The molecule has 1 N–H and O–H groups in total. The fourth-order valence-electron chi connectivity index (χ4n) is 1.88. The minimum Gasteiger partial charge on any atom is -0.351 e. The van der Waals surface area contributed by atoms with E-state index in [1.165, 1.54) is 5.57 Å². The van der Waals surface area contributed by atoms with Crippen LogP contribution in [0.4, 0.5) is 0 Å². The number of aromatic amines is 1. The Morgan fingerprint density at radius 3 is 2.47 bits per heavy atom. The van der Waals surface area contributed by atoms with E-state index >= 15 is 0 Å². The zero-order valence-corrected chi connectivity index (χ0v) is 9.58. The van der Waals surface area contributed by atoms with Crippen LogP contribution in [0.25, 0.3) is 0 Å². The summed E-state index contributed by atoms with van der Waals surface area (Å²) in [5, 5.41) is 0. The van der Waals surface area contributed by atoms with E-state index in [2.05, 4.69) is 23.8 Å². The Bertz CT molecular complexity index is 319. The first kappa shape index (κ1) is 11.7. The number of carbonyl (C=O) groups excluding carboxylic acids is 1. The maximum absolute atomic E-state index is 11.0. The van der Waals surface area contributed by atoms with Crippen molar-refractivity contribution in [1.82, 2.24) is 9.97 Å². The van der Waals surface area contributed by atoms with Gasteiger partial charge in [0.2, 0.25) is 0 Å². The van der Waals surface area contributed by atoms with Crippen LogP contribution in [0, 0.1) is 5.41 Å². The first-order valence-electron chi connectivity index (χ1n) is 5.12. The predicted molar refractivity (Wildman–Crippen MR) is 60.4 cm³/mol. The van der Waals surface area contributed by atoms with Gasteiger partial charge in [0.25, 0.3) is 0 Å². The number of ketones is 1. The smallest absolute Gasteiger partial charge is 0.156 e. The Hall–Kier alpha value is -1.38. The molecule has 1 aliphatic carbocycles. The van der Waals surface area contributed by atoms with Crippen LogP contribution in [0.3, 0.4) is 0 Å². The summed E-state index contributed by atoms with van der Waals surface area (Å²) in [7, 11) is 0. The molecule has 0 bridgehead atoms. The number of nitrogens with one attached hydrogen (secondary N) is 1. The van der Waals surface area contributed by atoms with E-state index in [9.17, 15) is 4.79 Å². The number of aromatic nitrogens is 2. The van der Waals surface area contributed by atoms with E-state index in [0.29, 0.717) is 6.42 Å². The zero-order chi connectivity index (χ0) is 11.3. The van der Waals surface area contributed by atoms with Crippen LogP contribution in [0.1, 0.15) is 33.6 Å². The summed E-state index contributed by atoms with van der Waals surface area (Å²) in [6, 6.07) is 0. The van der Waals surface area contributed by atoms with Crippen molar-refractivity contribution in [2.75, 3.05) is 0 Å². The van der Waals surface area contributed by atoms with Gasteiger partial charge in [0.1, 0.15) is 0 Å². The molecule has 3 nitrogen and oxygen atoms in total. The molecule has 82 valence electrons. The van der Waals surface area contributed by atoms with Crippen LogP contribution in [-0.4, -0.2) is 15.8 Å². The molecule has 1 aromatic heterocycles. The maximum Gasteiger partial charge on any atom is 0.156 e. The Morgan fingerprint density at radius 2 is 2.13 bits per heavy atom. The highest BCUT2D eigenvalue weighted by atomic mass is 16.1. The van der Waals surface area contributed by atoms with Gasteiger partial charge in [-0.05, 0) is 24.8 Å². The summed E-state index contributed by atoms with van der Waals surface area (Å²) < 4.78 is 0. The van der Waals surface area contributed by atoms with Crippen molar-refractivity contribution in [3.63, 3.8) is 0 Å². The van der Waals surface area contributed by atoms with Crippen molar-refractivity contribution in [2.45, 2.75) is 33.6 Å². The highest BCUT2D eigenvalue weighted by Crippen LogP contribution is 2.32. The summed E-state index contributed by atoms with van der Waals surface area (Å²) in [5.41, 5.74) is 1.43. The zero-order valence-electron chi connectivity index (χ0n) is 9.58. The third-order valence-corrected chi connectivity index (χ3v) is 2.22. The van der Waals surface area contributed by atoms with Crippen LogP contribution in [0.2, 0.25) is 0 Å². The summed E-state index contributed by atoms with van der Waals surface area (Å²) >= 11 is 0. The lowest BCUT2D eigenvalue weighted by atomic mass is 9.77. The van der Waals surface area contributed by atoms with Crippen molar-refractivity contribution >= 4 is 5.78 Å². The minimum absolute atomic E-state index is 0.204. The number of imidazole rings is 1. The summed E-state index contributed by atoms with van der Waals surface area (Å²) in [6.45, 7) is 6.31. The lowest BCUT2D eigenvalue weighted by Gasteiger charge is -2.27. The molecule has 0 radical (unpaired) electrons. The molecule has 0 saturated carbocycles. The highest BCUT2D eigenvalue weighted by molar-refractivity contribution is 5.91. The fourth-order valence-corrected chi connectivity index (χ4v) is 1.88. The number of nitrogens with zero attached hydrogens (tertiary/aromatic N) is 1. The van der Waals surface area contributed by atoms with Gasteiger partial charge in [0.05, 0.1) is 6.33 Å². The second-order valence-corrected chi connectivity index (χ2v) is 4.74. The van der Waals surface area contributed by atoms with Gasteiger partial charge >= 0.3 is 0 Å². The SMILES string of the molecule is CC1=CC(=O)CC(C)(C)C1.c1c[nH]cn1. The minimum atomic E-state index is 0.204. The van der Waals surface area contributed by atoms with E-state index in [1.807, 2.05) is 6.92 Å². The van der Waals surface area contributed by atoms with Crippen LogP contribution in [0.5, 0.6) is 0 Å². The maximum atomic E-state index is 11.0. The first-order chi connectivity index (χ1) is 6.99. The van der Waals surface area contributed by atoms with Crippen LogP contribution >= 0.6 is 0 Å². The van der Waals surface area contributed by atoms with Crippen molar-refractivity contribution < 1.29 is 4.79 Å². The van der Waals surface area contributed by atoms with Crippen LogP contribution in [-0.2, 0) is 4.79 Å². The number of rotatable bonds is 0. The van der Waals surface area contributed by atoms with Gasteiger partial charge in [-0.3, -0.25) is 4.79 Å². The molecule has 0 atom stereocenters. The Morgan fingerprint density at radius 1 is 1.40 bits per heavy atom. The predicted octanol–water partition coefficient (Wildman–Crippen LogP) is 2.73. The Kier molecular flexibility index (Phi) is 3.83. The quantitative estimate of drug-likeness (QED) is 0.709. The molecule has 1 aromatic rings. The fraction of sp³-hybridized carbons (Fsp3) is 0.500. The topological polar surface area (TPSA) is 45.8 Å². The van der Waals surface area contributed by atoms with E-state index in [-0.39, 0.29) is 11.2 Å². The second-order valence-electron chi connectivity index (χ2n) is 4.74. The Labute approximate surface area is 90.6 Å². The molecule has 3 heteroatoms. The number of carbonyl (C=O) groups is 1. The molecule has 0 aromatic carbocycles. The van der Waals surface area contributed by atoms with Gasteiger partial charge in [-0.1, -0.05) is 19.4 Å². The molecule has 0 amide bonds. The van der Waals surface area contributed by atoms with Gasteiger partial charge in [-0.15, -0.1) is 0 Å². The normalized spacial score (nSPS) is 18.9. The summed E-state index contributed by atoms with van der Waals surface area (Å²) in [5.74, 6) is 0.286. The number of H-pyrrole nitrogens is 1. The van der Waals surface area contributed by atoms with E-state index in [1.54, 1.807) is 24.8 Å². The van der Waals surface area contributed by atoms with Crippen LogP contribution < -0.4 is 0 Å². The molecule has 0 fully saturated rings. The second kappa shape index (κ2) is 4.91. The molecule has 2 rings (SSSR count). The molecule has 0 spiro atoms. The van der Waals surface area contributed by atoms with Gasteiger partial charge in [0.15, 0.2) is 5.78 Å². The first-order valence-corrected chi connectivity index (χ1v) is 5.12. The van der Waals surface area contributed by atoms with Crippen molar-refractivity contribution in [1.29, 1.82) is 0 Å². The Balaban J connectivity index is 0.000000187. The lowest BCUT2D eigenvalue weighted by Crippen LogP contribution is -2.20. The third kappa shape index (κ3) is 4.58.